The second kappa shape index (κ2) is 6.24. The van der Waals surface area contributed by atoms with E-state index in [-0.39, 0.29) is 5.54 Å². The summed E-state index contributed by atoms with van der Waals surface area (Å²) >= 11 is 3.57. The van der Waals surface area contributed by atoms with E-state index in [1.807, 2.05) is 6.20 Å². The fourth-order valence-corrected chi connectivity index (χ4v) is 7.93. The summed E-state index contributed by atoms with van der Waals surface area (Å²) in [5.41, 5.74) is -0.768. The number of aromatic nitrogens is 2. The van der Waals surface area contributed by atoms with Crippen molar-refractivity contribution < 1.29 is 0 Å². The molecule has 0 unspecified atom stereocenters. The van der Waals surface area contributed by atoms with Crippen LogP contribution >= 0.6 is 5.51 Å². The van der Waals surface area contributed by atoms with Crippen LogP contribution in [0.5, 0.6) is 0 Å². The zero-order valence-corrected chi connectivity index (χ0v) is 16.3. The number of nitrogens with zero attached hydrogens (tertiary/aromatic N) is 2. The summed E-state index contributed by atoms with van der Waals surface area (Å²) in [4.78, 5) is 4.79. The molecule has 2 nitrogen and oxygen atoms in total. The summed E-state index contributed by atoms with van der Waals surface area (Å²) in [6.07, 6.45) is 4.01. The van der Waals surface area contributed by atoms with Gasteiger partial charge >= 0.3 is 146 Å². The first kappa shape index (κ1) is 16.5. The van der Waals surface area contributed by atoms with Crippen LogP contribution in [-0.4, -0.2) is 24.6 Å². The second-order valence-electron chi connectivity index (χ2n) is 6.55. The predicted octanol–water partition coefficient (Wildman–Crippen LogP) is 3.02. The molecule has 0 saturated heterocycles. The molecule has 0 radical (unpaired) electrons. The Labute approximate surface area is 145 Å². The molecule has 3 rings (SSSR count). The first-order valence-corrected chi connectivity index (χ1v) is 11.7. The number of benzene rings is 2. The van der Waals surface area contributed by atoms with E-state index >= 15 is 0 Å². The fourth-order valence-electron chi connectivity index (χ4n) is 2.71. The van der Waals surface area contributed by atoms with Crippen LogP contribution in [0.4, 0.5) is 0 Å². The van der Waals surface area contributed by atoms with Crippen molar-refractivity contribution in [1.29, 1.82) is 0 Å². The summed E-state index contributed by atoms with van der Waals surface area (Å²) in [7, 11) is 0. The molecule has 0 bridgehead atoms. The number of hydrogen-bond donors (Lipinski definition) is 0. The molecule has 1 aromatic heterocycles. The van der Waals surface area contributed by atoms with Crippen molar-refractivity contribution in [2.24, 2.45) is 0 Å². The van der Waals surface area contributed by atoms with Gasteiger partial charge in [-0.1, -0.05) is 0 Å². The normalized spacial score (nSPS) is 12.3. The van der Waals surface area contributed by atoms with Gasteiger partial charge in [-0.3, -0.25) is 0 Å². The molecule has 0 amide bonds. The predicted molar refractivity (Wildman–Crippen MR) is 102 cm³/mol. The van der Waals surface area contributed by atoms with Crippen LogP contribution in [0.2, 0.25) is 0 Å². The molecule has 0 aliphatic carbocycles. The average molecular weight is 387 g/mol. The zero-order valence-electron chi connectivity index (χ0n) is 13.7. The average Bonchev–Trinajstić information content (AvgIpc) is 3.06. The molecule has 3 aromatic rings. The molecule has 118 valence electrons. The maximum atomic E-state index is 4.79. The monoisotopic (exact) mass is 388 g/mol. The number of rotatable bonds is 3. The molecule has 0 spiro atoms. The van der Waals surface area contributed by atoms with Gasteiger partial charge in [-0.05, 0) is 0 Å². The molecule has 23 heavy (non-hydrogen) atoms. The van der Waals surface area contributed by atoms with Crippen LogP contribution in [0.15, 0.2) is 73.1 Å². The van der Waals surface area contributed by atoms with Crippen LogP contribution in [0, 0.1) is 0 Å². The van der Waals surface area contributed by atoms with Crippen molar-refractivity contribution in [1.82, 2.24) is 9.55 Å². The van der Waals surface area contributed by atoms with Crippen molar-refractivity contribution in [2.45, 2.75) is 26.3 Å². The minimum atomic E-state index is -1.89. The van der Waals surface area contributed by atoms with Gasteiger partial charge in [0.15, 0.2) is 0 Å². The van der Waals surface area contributed by atoms with E-state index in [2.05, 4.69) is 107 Å². The van der Waals surface area contributed by atoms with Gasteiger partial charge in [-0.25, -0.2) is 0 Å². The Bertz CT molecular complexity index is 789. The third kappa shape index (κ3) is 3.02. The summed E-state index contributed by atoms with van der Waals surface area (Å²) in [5.74, 6) is 0. The topological polar surface area (TPSA) is 17.8 Å². The van der Waals surface area contributed by atoms with E-state index in [1.54, 1.807) is 0 Å². The van der Waals surface area contributed by atoms with E-state index in [9.17, 15) is 0 Å². The second-order valence-corrected chi connectivity index (χ2v) is 12.6. The number of hydrogen-bond acceptors (Lipinski definition) is 1. The third-order valence-corrected chi connectivity index (χ3v) is 10.5. The molecule has 4 heteroatoms. The van der Waals surface area contributed by atoms with Gasteiger partial charge < -0.3 is 0 Å². The first-order chi connectivity index (χ1) is 10.9. The first-order valence-electron chi connectivity index (χ1n) is 7.70. The van der Waals surface area contributed by atoms with Gasteiger partial charge in [0.1, 0.15) is 0 Å². The van der Waals surface area contributed by atoms with Gasteiger partial charge in [-0.15, -0.1) is 0 Å². The Kier molecular flexibility index (Phi) is 4.47. The molecular formula is C19H21N2PSe. The maximum absolute atomic E-state index is 4.79. The summed E-state index contributed by atoms with van der Waals surface area (Å²) in [6.45, 7) is 6.66. The molecule has 1 heterocycles. The van der Waals surface area contributed by atoms with Gasteiger partial charge in [0.05, 0.1) is 0 Å². The van der Waals surface area contributed by atoms with E-state index < -0.39 is 5.51 Å². The summed E-state index contributed by atoms with van der Waals surface area (Å²) < 4.78 is 2.30. The quantitative estimate of drug-likeness (QED) is 0.499. The third-order valence-electron chi connectivity index (χ3n) is 3.87. The molecule has 0 saturated carbocycles. The van der Waals surface area contributed by atoms with Crippen molar-refractivity contribution in [3.8, 4) is 0 Å². The Hall–Kier alpha value is -1.40. The molecule has 0 aliphatic rings. The van der Waals surface area contributed by atoms with Crippen molar-refractivity contribution in [2.75, 3.05) is 0 Å². The molecular weight excluding hydrogens is 366 g/mol. The fraction of sp³-hybridized carbons (Fsp3) is 0.211. The van der Waals surface area contributed by atoms with E-state index in [0.717, 1.165) is 5.57 Å². The van der Waals surface area contributed by atoms with Crippen molar-refractivity contribution >= 4 is 36.8 Å². The molecule has 2 aromatic carbocycles. The van der Waals surface area contributed by atoms with E-state index in [0.29, 0.717) is 0 Å². The standard InChI is InChI=1S/C19H21N2PSe/c1-19(2,3)21-15-14-20-18(21)22(23,16-10-6-4-7-11-16)17-12-8-5-9-13-17/h4-15H,1-3H3. The van der Waals surface area contributed by atoms with Crippen molar-refractivity contribution in [3.05, 3.63) is 73.1 Å². The van der Waals surface area contributed by atoms with Crippen LogP contribution in [0.3, 0.4) is 0 Å². The van der Waals surface area contributed by atoms with Crippen molar-refractivity contribution in [3.63, 3.8) is 0 Å². The van der Waals surface area contributed by atoms with Gasteiger partial charge in [-0.2, -0.15) is 0 Å². The summed E-state index contributed by atoms with van der Waals surface area (Å²) in [6, 6.07) is 21.4. The van der Waals surface area contributed by atoms with Crippen LogP contribution in [-0.2, 0) is 5.54 Å². The van der Waals surface area contributed by atoms with Gasteiger partial charge in [0, 0.05) is 0 Å². The zero-order chi connectivity index (χ0) is 16.5. The number of imidazole rings is 1. The molecule has 0 N–H and O–H groups in total. The molecule has 0 fully saturated rings. The van der Waals surface area contributed by atoms with E-state index in [4.69, 9.17) is 4.98 Å². The molecule has 0 atom stereocenters. The Morgan fingerprint density at radius 3 is 1.78 bits per heavy atom. The Morgan fingerprint density at radius 1 is 0.870 bits per heavy atom. The van der Waals surface area contributed by atoms with Crippen LogP contribution in [0.25, 0.3) is 0 Å². The van der Waals surface area contributed by atoms with E-state index in [1.165, 1.54) is 10.6 Å². The minimum absolute atomic E-state index is 0.00943. The summed E-state index contributed by atoms with van der Waals surface area (Å²) in [5, 5.41) is 2.62. The van der Waals surface area contributed by atoms with Gasteiger partial charge in [0.25, 0.3) is 0 Å². The van der Waals surface area contributed by atoms with Gasteiger partial charge in [0.2, 0.25) is 0 Å². The SMILES string of the molecule is CC(C)(C)n1ccnc1P(=[Se])(c1ccccc1)c1ccccc1. The van der Waals surface area contributed by atoms with Crippen LogP contribution in [0.1, 0.15) is 20.8 Å². The Balaban J connectivity index is 2.32. The molecule has 0 aliphatic heterocycles. The Morgan fingerprint density at radius 2 is 1.35 bits per heavy atom. The van der Waals surface area contributed by atoms with Crippen LogP contribution < -0.4 is 16.2 Å².